The maximum Gasteiger partial charge on any atom is 2.00 e. The van der Waals surface area contributed by atoms with Crippen molar-refractivity contribution < 1.29 is 29.3 Å². The van der Waals surface area contributed by atoms with Gasteiger partial charge in [0.1, 0.15) is 0 Å². The van der Waals surface area contributed by atoms with Gasteiger partial charge in [0.05, 0.1) is 0 Å². The Balaban J connectivity index is 0.0000168. The van der Waals surface area contributed by atoms with E-state index in [0.29, 0.717) is 0 Å². The van der Waals surface area contributed by atoms with Gasteiger partial charge in [0.25, 0.3) is 0 Å². The minimum absolute atomic E-state index is 0. The van der Waals surface area contributed by atoms with Gasteiger partial charge in [-0.2, -0.15) is 5.69 Å². The second kappa shape index (κ2) is 30.4. The molecule has 6 heteroatoms. The molecule has 0 radical (unpaired) electrons. The molecule has 1 aromatic rings. The van der Waals surface area contributed by atoms with Gasteiger partial charge in [-0.25, -0.2) is 0 Å². The molecule has 0 saturated heterocycles. The Hall–Kier alpha value is 0.763. The molecule has 0 aromatic heterocycles. The quantitative estimate of drug-likeness (QED) is 0.0458. The van der Waals surface area contributed by atoms with Crippen LogP contribution in [-0.2, 0) is 44.1 Å². The van der Waals surface area contributed by atoms with Crippen molar-refractivity contribution in [2.45, 2.75) is 199 Å². The van der Waals surface area contributed by atoms with Gasteiger partial charge in [0.15, 0.2) is 0 Å². The minimum atomic E-state index is -3.83. The Bertz CT molecular complexity index is 723. The molecule has 0 fully saturated rings. The zero-order valence-electron chi connectivity index (χ0n) is 27.8. The molecule has 0 aliphatic heterocycles. The monoisotopic (exact) mass is 688 g/mol. The fourth-order valence-corrected chi connectivity index (χ4v) is 8.77. The second-order valence-corrected chi connectivity index (χ2v) is 18.0. The van der Waals surface area contributed by atoms with Gasteiger partial charge in [0.2, 0.25) is 0 Å². The molecule has 2 nitrogen and oxygen atoms in total. The van der Waals surface area contributed by atoms with Gasteiger partial charge < -0.3 is 9.79 Å². The van der Waals surface area contributed by atoms with Gasteiger partial charge in [0, 0.05) is 4.90 Å². The first kappa shape index (κ1) is 42.8. The van der Waals surface area contributed by atoms with Crippen molar-refractivity contribution in [2.75, 3.05) is 0 Å². The van der Waals surface area contributed by atoms with Crippen molar-refractivity contribution in [3.05, 3.63) is 29.3 Å². The van der Waals surface area contributed by atoms with Crippen LogP contribution in [0.25, 0.3) is 0 Å². The molecule has 0 aliphatic carbocycles. The number of aryl methyl sites for hydroxylation is 2. The van der Waals surface area contributed by atoms with E-state index in [4.69, 9.17) is 11.8 Å². The Morgan fingerprint density at radius 2 is 0.762 bits per heavy atom. The van der Waals surface area contributed by atoms with Gasteiger partial charge in [-0.05, 0) is 36.8 Å². The van der Waals surface area contributed by atoms with Crippen LogP contribution in [0.3, 0.4) is 0 Å². The van der Waals surface area contributed by atoms with Crippen LogP contribution in [-0.4, -0.2) is 0 Å². The minimum Gasteiger partial charge on any atom is -0.824 e. The van der Waals surface area contributed by atoms with Gasteiger partial charge in [-0.1, -0.05) is 186 Å². The summed E-state index contributed by atoms with van der Waals surface area (Å²) in [7, 11) is 0. The third-order valence-corrected chi connectivity index (χ3v) is 11.3. The zero-order chi connectivity index (χ0) is 29.9. The number of hydrogen-bond acceptors (Lipinski definition) is 4. The van der Waals surface area contributed by atoms with Crippen molar-refractivity contribution in [2.24, 2.45) is 0 Å². The number of hydrogen-bond donors (Lipinski definition) is 0. The first-order chi connectivity index (χ1) is 20.0. The van der Waals surface area contributed by atoms with Crippen LogP contribution in [0.2, 0.25) is 0 Å². The van der Waals surface area contributed by atoms with E-state index < -0.39 is 5.69 Å². The molecule has 240 valence electrons. The van der Waals surface area contributed by atoms with Crippen LogP contribution in [0.5, 0.6) is 0 Å². The summed E-state index contributed by atoms with van der Waals surface area (Å²) in [6.07, 6.45) is 36.9. The number of rotatable bonds is 30. The molecule has 0 heterocycles. The maximum atomic E-state index is 12.1. The largest absolute Gasteiger partial charge is 2.00 e. The van der Waals surface area contributed by atoms with Crippen LogP contribution in [0, 0.1) is 0 Å². The summed E-state index contributed by atoms with van der Waals surface area (Å²) in [5.74, 6) is 0. The average molecular weight is 690 g/mol. The summed E-state index contributed by atoms with van der Waals surface area (Å²) in [5.41, 5.74) is -1.46. The van der Waals surface area contributed by atoms with E-state index in [9.17, 15) is 9.79 Å². The molecule has 1 rings (SSSR count). The van der Waals surface area contributed by atoms with Gasteiger partial charge >= 0.3 is 19.5 Å². The van der Waals surface area contributed by atoms with E-state index in [1.807, 2.05) is 0 Å². The first-order valence-corrected chi connectivity index (χ1v) is 21.9. The molecule has 0 atom stereocenters. The predicted molar refractivity (Wildman–Crippen MR) is 185 cm³/mol. The normalized spacial score (nSPS) is 11.6. The van der Waals surface area contributed by atoms with E-state index in [0.717, 1.165) is 42.0 Å². The molecule has 0 saturated carbocycles. The molecule has 0 aliphatic rings. The standard InChI is InChI=1S/C36H67O2PS2.Zn/c1-3-5-7-9-11-13-15-17-19-21-23-25-27-30-34-32-29-33-35(36(34)41-39(37,38)40)31-28-26-24-22-20-18-16-14-12-10-8-6-4-2;/h29,32-33H,3-28,30-31H2,1-2H3,(H2,37,38,40);/q;+2/p-2. The summed E-state index contributed by atoms with van der Waals surface area (Å²) >= 11 is 5.77. The Kier molecular flexibility index (Phi) is 31.0. The summed E-state index contributed by atoms with van der Waals surface area (Å²) < 4.78 is 0. The van der Waals surface area contributed by atoms with Crippen LogP contribution in [0.15, 0.2) is 23.1 Å². The second-order valence-electron chi connectivity index (χ2n) is 12.4. The molecule has 0 bridgehead atoms. The molecule has 0 amide bonds. The van der Waals surface area contributed by atoms with E-state index >= 15 is 0 Å². The molecule has 42 heavy (non-hydrogen) atoms. The van der Waals surface area contributed by atoms with Crippen molar-refractivity contribution in [1.82, 2.24) is 0 Å². The van der Waals surface area contributed by atoms with Crippen molar-refractivity contribution >= 4 is 28.9 Å². The SMILES string of the molecule is CCCCCCCCCCCCCCCc1cccc(CCCCCCCCCCCCCCC)c1SP([O-])([O-])=S.[Zn+2]. The maximum absolute atomic E-state index is 12.1. The van der Waals surface area contributed by atoms with Crippen molar-refractivity contribution in [3.8, 4) is 0 Å². The third kappa shape index (κ3) is 26.0. The number of benzene rings is 1. The molecule has 1 aromatic carbocycles. The van der Waals surface area contributed by atoms with Crippen molar-refractivity contribution in [1.29, 1.82) is 0 Å². The molecule has 0 unspecified atom stereocenters. The summed E-state index contributed by atoms with van der Waals surface area (Å²) in [5, 5.41) is 0. The fourth-order valence-electron chi connectivity index (χ4n) is 5.93. The predicted octanol–water partition coefficient (Wildman–Crippen LogP) is 12.0. The zero-order valence-corrected chi connectivity index (χ0v) is 33.3. The van der Waals surface area contributed by atoms with Crippen LogP contribution in [0.1, 0.15) is 192 Å². The van der Waals surface area contributed by atoms with Crippen LogP contribution < -0.4 is 9.79 Å². The van der Waals surface area contributed by atoms with Crippen LogP contribution in [0.4, 0.5) is 0 Å². The fraction of sp³-hybridized carbons (Fsp3) is 0.833. The first-order valence-electron chi connectivity index (χ1n) is 17.8. The number of unbranched alkanes of at least 4 members (excludes halogenated alkanes) is 24. The Labute approximate surface area is 284 Å². The summed E-state index contributed by atoms with van der Waals surface area (Å²) in [6, 6.07) is 6.38. The topological polar surface area (TPSA) is 46.1 Å². The van der Waals surface area contributed by atoms with Crippen LogP contribution >= 0.6 is 17.1 Å². The van der Waals surface area contributed by atoms with Gasteiger partial charge in [-0.3, -0.25) is 0 Å². The molecular weight excluding hydrogens is 625 g/mol. The van der Waals surface area contributed by atoms with Gasteiger partial charge in [-0.15, -0.1) is 23.2 Å². The van der Waals surface area contributed by atoms with E-state index in [2.05, 4.69) is 32.0 Å². The summed E-state index contributed by atoms with van der Waals surface area (Å²) in [6.45, 7) is 4.56. The molecule has 0 N–H and O–H groups in total. The summed E-state index contributed by atoms with van der Waals surface area (Å²) in [4.78, 5) is 25.1. The van der Waals surface area contributed by atoms with Crippen molar-refractivity contribution in [3.63, 3.8) is 0 Å². The van der Waals surface area contributed by atoms with E-state index in [1.54, 1.807) is 0 Å². The smallest absolute Gasteiger partial charge is 0.824 e. The average Bonchev–Trinajstić information content (AvgIpc) is 2.94. The Morgan fingerprint density at radius 3 is 1.02 bits per heavy atom. The Morgan fingerprint density at radius 1 is 0.500 bits per heavy atom. The van der Waals surface area contributed by atoms with E-state index in [-0.39, 0.29) is 19.5 Å². The molecular formula is C36H65O2PS2Zn. The molecule has 0 spiro atoms. The third-order valence-electron chi connectivity index (χ3n) is 8.48. The van der Waals surface area contributed by atoms with E-state index in [1.165, 1.54) is 165 Å².